The third-order valence-corrected chi connectivity index (χ3v) is 3.63. The van der Waals surface area contributed by atoms with Crippen LogP contribution in [0.2, 0.25) is 0 Å². The molecule has 0 N–H and O–H groups in total. The van der Waals surface area contributed by atoms with Crippen LogP contribution in [-0.4, -0.2) is 20.5 Å². The zero-order chi connectivity index (χ0) is 15.9. The fraction of sp³-hybridized carbons (Fsp3) is 0.176. The molecule has 5 nitrogen and oxygen atoms in total. The molecule has 0 unspecified atom stereocenters. The van der Waals surface area contributed by atoms with Crippen LogP contribution in [0.3, 0.4) is 0 Å². The number of hydrogen-bond donors (Lipinski definition) is 0. The van der Waals surface area contributed by atoms with Crippen molar-refractivity contribution in [3.8, 4) is 11.3 Å². The number of aryl methyl sites for hydroxylation is 2. The molecule has 5 heteroatoms. The highest BCUT2D eigenvalue weighted by molar-refractivity contribution is 5.98. The summed E-state index contributed by atoms with van der Waals surface area (Å²) >= 11 is 0. The largest absolute Gasteiger partial charge is 0.295 e. The minimum Gasteiger partial charge on any atom is -0.295 e. The topological polar surface area (TPSA) is 64.8 Å². The average Bonchev–Trinajstić information content (AvgIpc) is 2.51. The van der Waals surface area contributed by atoms with E-state index in [1.807, 2.05) is 18.2 Å². The molecule has 0 saturated carbocycles. The van der Waals surface area contributed by atoms with Crippen LogP contribution in [0.4, 0.5) is 0 Å². The highest BCUT2D eigenvalue weighted by Gasteiger charge is 2.08. The molecule has 110 valence electrons. The lowest BCUT2D eigenvalue weighted by Crippen LogP contribution is -2.21. The molecule has 0 fully saturated rings. The van der Waals surface area contributed by atoms with E-state index in [1.165, 1.54) is 11.6 Å². The van der Waals surface area contributed by atoms with E-state index in [-0.39, 0.29) is 11.3 Å². The Morgan fingerprint density at radius 1 is 1.18 bits per heavy atom. The zero-order valence-electron chi connectivity index (χ0n) is 12.6. The monoisotopic (exact) mass is 293 g/mol. The summed E-state index contributed by atoms with van der Waals surface area (Å²) in [6, 6.07) is 9.10. The minimum absolute atomic E-state index is 0.0170. The Hall–Kier alpha value is -2.82. The van der Waals surface area contributed by atoms with Crippen molar-refractivity contribution in [3.63, 3.8) is 0 Å². The molecule has 1 aromatic carbocycles. The van der Waals surface area contributed by atoms with Gasteiger partial charge in [-0.1, -0.05) is 0 Å². The van der Waals surface area contributed by atoms with Crippen LogP contribution >= 0.6 is 0 Å². The molecule has 3 rings (SSSR count). The van der Waals surface area contributed by atoms with Crippen LogP contribution in [0.25, 0.3) is 22.2 Å². The summed E-state index contributed by atoms with van der Waals surface area (Å²) < 4.78 is 1.32. The van der Waals surface area contributed by atoms with E-state index in [2.05, 4.69) is 10.1 Å². The van der Waals surface area contributed by atoms with Crippen LogP contribution in [0, 0.1) is 6.92 Å². The third kappa shape index (κ3) is 2.41. The number of fused-ring (bicyclic) bond motifs is 1. The molecule has 0 aliphatic heterocycles. The molecule has 0 aliphatic carbocycles. The number of hydrogen-bond acceptors (Lipinski definition) is 4. The Labute approximate surface area is 127 Å². The second-order valence-corrected chi connectivity index (χ2v) is 5.33. The molecule has 0 bridgehead atoms. The Morgan fingerprint density at radius 3 is 2.64 bits per heavy atom. The summed E-state index contributed by atoms with van der Waals surface area (Å²) in [5, 5.41) is 5.14. The maximum atomic E-state index is 11.7. The fourth-order valence-corrected chi connectivity index (χ4v) is 2.39. The van der Waals surface area contributed by atoms with Gasteiger partial charge in [-0.05, 0) is 44.2 Å². The second kappa shape index (κ2) is 5.18. The van der Waals surface area contributed by atoms with E-state index in [1.54, 1.807) is 32.3 Å². The standard InChI is InChI=1S/C17H15N3O2/c1-10-6-16(19-20(3)17(10)22)14-8-13-7-12(11(2)21)4-5-15(13)18-9-14/h4-9H,1-3H3. The van der Waals surface area contributed by atoms with Gasteiger partial charge in [0, 0.05) is 35.3 Å². The first-order chi connectivity index (χ1) is 10.5. The molecule has 0 aliphatic rings. The minimum atomic E-state index is -0.114. The average molecular weight is 293 g/mol. The van der Waals surface area contributed by atoms with Gasteiger partial charge >= 0.3 is 0 Å². The van der Waals surface area contributed by atoms with Gasteiger partial charge in [0.05, 0.1) is 11.2 Å². The Kier molecular flexibility index (Phi) is 3.33. The normalized spacial score (nSPS) is 10.9. The number of aromatic nitrogens is 3. The molecule has 3 aromatic rings. The van der Waals surface area contributed by atoms with E-state index in [0.717, 1.165) is 16.5 Å². The van der Waals surface area contributed by atoms with E-state index in [4.69, 9.17) is 0 Å². The van der Waals surface area contributed by atoms with Crippen molar-refractivity contribution < 1.29 is 4.79 Å². The smallest absolute Gasteiger partial charge is 0.269 e. The molecule has 22 heavy (non-hydrogen) atoms. The van der Waals surface area contributed by atoms with Gasteiger partial charge in [0.25, 0.3) is 5.56 Å². The van der Waals surface area contributed by atoms with E-state index >= 15 is 0 Å². The first kappa shape index (κ1) is 14.1. The summed E-state index contributed by atoms with van der Waals surface area (Å²) in [6.45, 7) is 3.30. The summed E-state index contributed by atoms with van der Waals surface area (Å²) in [6.07, 6.45) is 1.72. The van der Waals surface area contributed by atoms with Gasteiger partial charge in [0.1, 0.15) is 0 Å². The van der Waals surface area contributed by atoms with Crippen molar-refractivity contribution in [2.45, 2.75) is 13.8 Å². The zero-order valence-corrected chi connectivity index (χ0v) is 12.6. The van der Waals surface area contributed by atoms with Crippen molar-refractivity contribution in [2.24, 2.45) is 7.05 Å². The summed E-state index contributed by atoms with van der Waals surface area (Å²) in [5.41, 5.74) is 3.47. The van der Waals surface area contributed by atoms with Crippen molar-refractivity contribution in [2.75, 3.05) is 0 Å². The number of carbonyl (C=O) groups is 1. The van der Waals surface area contributed by atoms with Gasteiger partial charge in [-0.3, -0.25) is 14.6 Å². The lowest BCUT2D eigenvalue weighted by atomic mass is 10.1. The number of carbonyl (C=O) groups excluding carboxylic acids is 1. The number of nitrogens with zero attached hydrogens (tertiary/aromatic N) is 3. The van der Waals surface area contributed by atoms with Gasteiger partial charge < -0.3 is 0 Å². The van der Waals surface area contributed by atoms with Crippen LogP contribution in [0.1, 0.15) is 22.8 Å². The van der Waals surface area contributed by atoms with Gasteiger partial charge in [0.15, 0.2) is 5.78 Å². The van der Waals surface area contributed by atoms with Crippen molar-refractivity contribution >= 4 is 16.7 Å². The molecule has 0 spiro atoms. The molecular formula is C17H15N3O2. The third-order valence-electron chi connectivity index (χ3n) is 3.63. The van der Waals surface area contributed by atoms with E-state index in [9.17, 15) is 9.59 Å². The lowest BCUT2D eigenvalue weighted by Gasteiger charge is -2.06. The highest BCUT2D eigenvalue weighted by atomic mass is 16.1. The second-order valence-electron chi connectivity index (χ2n) is 5.33. The van der Waals surface area contributed by atoms with Crippen molar-refractivity contribution in [1.29, 1.82) is 0 Å². The van der Waals surface area contributed by atoms with Gasteiger partial charge in [-0.25, -0.2) is 4.68 Å². The maximum absolute atomic E-state index is 11.7. The number of rotatable bonds is 2. The first-order valence-electron chi connectivity index (χ1n) is 6.92. The molecule has 0 saturated heterocycles. The number of pyridine rings is 1. The highest BCUT2D eigenvalue weighted by Crippen LogP contribution is 2.22. The predicted octanol–water partition coefficient (Wildman–Crippen LogP) is 2.51. The van der Waals surface area contributed by atoms with Gasteiger partial charge in [0.2, 0.25) is 0 Å². The summed E-state index contributed by atoms with van der Waals surface area (Å²) in [7, 11) is 1.63. The SMILES string of the molecule is CC(=O)c1ccc2ncc(-c3cc(C)c(=O)n(C)n3)cc2c1. The molecule has 0 atom stereocenters. The van der Waals surface area contributed by atoms with Crippen molar-refractivity contribution in [1.82, 2.24) is 14.8 Å². The quantitative estimate of drug-likeness (QED) is 0.681. The predicted molar refractivity (Wildman–Crippen MR) is 85.0 cm³/mol. The number of ketones is 1. The van der Waals surface area contributed by atoms with Crippen LogP contribution in [0.5, 0.6) is 0 Å². The Morgan fingerprint density at radius 2 is 1.95 bits per heavy atom. The van der Waals surface area contributed by atoms with E-state index < -0.39 is 0 Å². The van der Waals surface area contributed by atoms with Crippen LogP contribution in [-0.2, 0) is 7.05 Å². The molecule has 0 radical (unpaired) electrons. The molecule has 2 aromatic heterocycles. The van der Waals surface area contributed by atoms with Gasteiger partial charge in [-0.2, -0.15) is 5.10 Å². The van der Waals surface area contributed by atoms with Crippen molar-refractivity contribution in [3.05, 3.63) is 58.0 Å². The first-order valence-corrected chi connectivity index (χ1v) is 6.92. The molecule has 0 amide bonds. The molecular weight excluding hydrogens is 278 g/mol. The molecule has 2 heterocycles. The lowest BCUT2D eigenvalue weighted by molar-refractivity contribution is 0.101. The summed E-state index contributed by atoms with van der Waals surface area (Å²) in [5.74, 6) is 0.0170. The maximum Gasteiger partial charge on any atom is 0.269 e. The fourth-order valence-electron chi connectivity index (χ4n) is 2.39. The summed E-state index contributed by atoms with van der Waals surface area (Å²) in [4.78, 5) is 27.6. The Bertz CT molecular complexity index is 932. The number of Topliss-reactive ketones (excluding diaryl/α,β-unsaturated/α-hetero) is 1. The van der Waals surface area contributed by atoms with Crippen LogP contribution < -0.4 is 5.56 Å². The van der Waals surface area contributed by atoms with E-state index in [0.29, 0.717) is 16.8 Å². The number of benzene rings is 1. The van der Waals surface area contributed by atoms with Gasteiger partial charge in [-0.15, -0.1) is 0 Å². The van der Waals surface area contributed by atoms with Crippen LogP contribution in [0.15, 0.2) is 41.3 Å². The Balaban J connectivity index is 2.19.